The summed E-state index contributed by atoms with van der Waals surface area (Å²) in [6, 6.07) is 44.3. The SMILES string of the molecule is CC(C)(C)c1cccc(N2CN(c3cccc(Oc4ccc5c6cc(C#N)ccc6n(-c6cc(C(C)(C)C)ccn6)c5c4)c3)c3ccccc32)c1. The Bertz CT molecular complexity index is 2490. The number of hydrogen-bond acceptors (Lipinski definition) is 5. The third-order valence-electron chi connectivity index (χ3n) is 9.84. The quantitative estimate of drug-likeness (QED) is 0.183. The fourth-order valence-electron chi connectivity index (χ4n) is 7.03. The van der Waals surface area contributed by atoms with Crippen LogP contribution in [0.2, 0.25) is 0 Å². The van der Waals surface area contributed by atoms with Crippen LogP contribution in [-0.4, -0.2) is 16.2 Å². The number of pyridine rings is 1. The largest absolute Gasteiger partial charge is 0.457 e. The van der Waals surface area contributed by atoms with Gasteiger partial charge in [0, 0.05) is 40.5 Å². The van der Waals surface area contributed by atoms with Crippen LogP contribution in [0.3, 0.4) is 0 Å². The van der Waals surface area contributed by atoms with Crippen LogP contribution in [-0.2, 0) is 10.8 Å². The average molecular weight is 668 g/mol. The van der Waals surface area contributed by atoms with E-state index in [1.54, 1.807) is 0 Å². The third kappa shape index (κ3) is 5.85. The van der Waals surface area contributed by atoms with Crippen molar-refractivity contribution in [2.24, 2.45) is 0 Å². The molecule has 0 saturated carbocycles. The van der Waals surface area contributed by atoms with Crippen LogP contribution < -0.4 is 14.5 Å². The van der Waals surface area contributed by atoms with Crippen molar-refractivity contribution in [1.82, 2.24) is 9.55 Å². The molecule has 0 fully saturated rings. The Balaban J connectivity index is 1.16. The molecule has 6 nitrogen and oxygen atoms in total. The number of rotatable bonds is 5. The first kappa shape index (κ1) is 32.2. The summed E-state index contributed by atoms with van der Waals surface area (Å²) in [4.78, 5) is 9.54. The van der Waals surface area contributed by atoms with Crippen LogP contribution in [0.25, 0.3) is 27.6 Å². The summed E-state index contributed by atoms with van der Waals surface area (Å²) in [6.07, 6.45) is 1.88. The Morgan fingerprint density at radius 1 is 0.608 bits per heavy atom. The number of hydrogen-bond donors (Lipinski definition) is 0. The number of aromatic nitrogens is 2. The molecule has 5 aromatic carbocycles. The second-order valence-electron chi connectivity index (χ2n) is 15.4. The first-order valence-corrected chi connectivity index (χ1v) is 17.5. The molecule has 0 bridgehead atoms. The van der Waals surface area contributed by atoms with Gasteiger partial charge in [0.25, 0.3) is 0 Å². The maximum atomic E-state index is 9.70. The number of benzene rings is 5. The predicted molar refractivity (Wildman–Crippen MR) is 209 cm³/mol. The fourth-order valence-corrected chi connectivity index (χ4v) is 7.03. The Hall–Kier alpha value is -6.06. The molecule has 0 radical (unpaired) electrons. The van der Waals surface area contributed by atoms with E-state index in [0.717, 1.165) is 50.5 Å². The molecule has 51 heavy (non-hydrogen) atoms. The molecule has 0 amide bonds. The lowest BCUT2D eigenvalue weighted by molar-refractivity contribution is 0.483. The van der Waals surface area contributed by atoms with Gasteiger partial charge in [-0.15, -0.1) is 0 Å². The summed E-state index contributed by atoms with van der Waals surface area (Å²) in [5, 5.41) is 11.7. The lowest BCUT2D eigenvalue weighted by Crippen LogP contribution is -2.24. The zero-order chi connectivity index (χ0) is 35.5. The van der Waals surface area contributed by atoms with Crippen molar-refractivity contribution < 1.29 is 4.74 Å². The van der Waals surface area contributed by atoms with E-state index in [9.17, 15) is 5.26 Å². The highest BCUT2D eigenvalue weighted by Crippen LogP contribution is 2.45. The minimum Gasteiger partial charge on any atom is -0.457 e. The van der Waals surface area contributed by atoms with E-state index in [-0.39, 0.29) is 10.8 Å². The van der Waals surface area contributed by atoms with Gasteiger partial charge < -0.3 is 14.5 Å². The van der Waals surface area contributed by atoms with Crippen LogP contribution in [0.1, 0.15) is 58.2 Å². The Labute approximate surface area is 299 Å². The topological polar surface area (TPSA) is 57.3 Å². The molecule has 0 unspecified atom stereocenters. The highest BCUT2D eigenvalue weighted by molar-refractivity contribution is 6.10. The van der Waals surface area contributed by atoms with E-state index < -0.39 is 0 Å². The highest BCUT2D eigenvalue weighted by atomic mass is 16.5. The number of fused-ring (bicyclic) bond motifs is 4. The number of ether oxygens (including phenoxy) is 1. The minimum absolute atomic E-state index is 0.0347. The highest BCUT2D eigenvalue weighted by Gasteiger charge is 2.29. The van der Waals surface area contributed by atoms with Crippen LogP contribution in [0, 0.1) is 11.3 Å². The van der Waals surface area contributed by atoms with E-state index >= 15 is 0 Å². The van der Waals surface area contributed by atoms with Gasteiger partial charge in [-0.3, -0.25) is 4.57 Å². The van der Waals surface area contributed by atoms with Gasteiger partial charge in [-0.2, -0.15) is 5.26 Å². The molecule has 6 heteroatoms. The maximum absolute atomic E-state index is 9.70. The zero-order valence-electron chi connectivity index (χ0n) is 30.0. The Morgan fingerprint density at radius 3 is 1.98 bits per heavy atom. The van der Waals surface area contributed by atoms with E-state index in [2.05, 4.69) is 153 Å². The van der Waals surface area contributed by atoms with Crippen molar-refractivity contribution in [3.8, 4) is 23.4 Å². The van der Waals surface area contributed by atoms with Crippen molar-refractivity contribution in [1.29, 1.82) is 5.26 Å². The lowest BCUT2D eigenvalue weighted by Gasteiger charge is -2.25. The molecule has 0 N–H and O–H groups in total. The maximum Gasteiger partial charge on any atom is 0.137 e. The zero-order valence-corrected chi connectivity index (χ0v) is 30.0. The van der Waals surface area contributed by atoms with Gasteiger partial charge in [-0.1, -0.05) is 71.9 Å². The molecule has 1 aliphatic heterocycles. The van der Waals surface area contributed by atoms with Crippen LogP contribution in [0.15, 0.2) is 128 Å². The summed E-state index contributed by atoms with van der Waals surface area (Å²) in [6.45, 7) is 14.1. The monoisotopic (exact) mass is 667 g/mol. The summed E-state index contributed by atoms with van der Waals surface area (Å²) in [5.74, 6) is 2.30. The number of nitrogens with zero attached hydrogens (tertiary/aromatic N) is 5. The van der Waals surface area contributed by atoms with Crippen molar-refractivity contribution in [3.63, 3.8) is 0 Å². The first-order chi connectivity index (χ1) is 24.5. The third-order valence-corrected chi connectivity index (χ3v) is 9.84. The van der Waals surface area contributed by atoms with Gasteiger partial charge in [0.05, 0.1) is 34.0 Å². The first-order valence-electron chi connectivity index (χ1n) is 17.5. The van der Waals surface area contributed by atoms with E-state index in [1.807, 2.05) is 36.5 Å². The van der Waals surface area contributed by atoms with Gasteiger partial charge in [0.15, 0.2) is 0 Å². The Morgan fingerprint density at radius 2 is 1.27 bits per heavy atom. The lowest BCUT2D eigenvalue weighted by atomic mass is 9.87. The molecule has 0 aliphatic carbocycles. The van der Waals surface area contributed by atoms with Crippen LogP contribution in [0.4, 0.5) is 22.7 Å². The molecule has 3 heterocycles. The molecule has 0 spiro atoms. The molecule has 0 saturated heterocycles. The molecule has 0 atom stereocenters. The van der Waals surface area contributed by atoms with E-state index in [0.29, 0.717) is 12.2 Å². The molecule has 2 aromatic heterocycles. The molecular formula is C45H41N5O. The van der Waals surface area contributed by atoms with Gasteiger partial charge in [-0.05, 0) is 101 Å². The smallest absolute Gasteiger partial charge is 0.137 e. The minimum atomic E-state index is -0.0347. The van der Waals surface area contributed by atoms with E-state index in [1.165, 1.54) is 22.5 Å². The van der Waals surface area contributed by atoms with Gasteiger partial charge in [-0.25, -0.2) is 4.98 Å². The van der Waals surface area contributed by atoms with Gasteiger partial charge in [0.2, 0.25) is 0 Å². The molecule has 7 aromatic rings. The molecule has 8 rings (SSSR count). The molecule has 252 valence electrons. The van der Waals surface area contributed by atoms with Gasteiger partial charge in [0.1, 0.15) is 24.0 Å². The fraction of sp³-hybridized carbons (Fsp3) is 0.200. The average Bonchev–Trinajstić information content (AvgIpc) is 3.67. The number of anilines is 4. The van der Waals surface area contributed by atoms with Crippen molar-refractivity contribution in [2.45, 2.75) is 52.4 Å². The van der Waals surface area contributed by atoms with Crippen molar-refractivity contribution in [2.75, 3.05) is 16.5 Å². The molecular weight excluding hydrogens is 627 g/mol. The molecule has 1 aliphatic rings. The van der Waals surface area contributed by atoms with Crippen molar-refractivity contribution in [3.05, 3.63) is 144 Å². The predicted octanol–water partition coefficient (Wildman–Crippen LogP) is 11.7. The normalized spacial score (nSPS) is 13.1. The summed E-state index contributed by atoms with van der Waals surface area (Å²) < 4.78 is 8.80. The number of nitriles is 1. The standard InChI is InChI=1S/C45H41N5O/c1-44(2,3)31-11-9-12-33(24-31)48-29-49(41-16-8-7-15-40(41)48)34-13-10-14-35(26-34)51-36-18-19-37-38-23-30(28-46)17-20-39(38)50(42(37)27-36)43-25-32(21-22-47-43)45(4,5)6/h7-27H,29H2,1-6H3. The van der Waals surface area contributed by atoms with Gasteiger partial charge >= 0.3 is 0 Å². The van der Waals surface area contributed by atoms with Crippen LogP contribution >= 0.6 is 0 Å². The van der Waals surface area contributed by atoms with Crippen molar-refractivity contribution >= 4 is 44.6 Å². The second kappa shape index (κ2) is 12.1. The summed E-state index contributed by atoms with van der Waals surface area (Å²) in [5.41, 5.74) is 9.68. The number of para-hydroxylation sites is 2. The second-order valence-corrected chi connectivity index (χ2v) is 15.4. The van der Waals surface area contributed by atoms with Crippen LogP contribution in [0.5, 0.6) is 11.5 Å². The summed E-state index contributed by atoms with van der Waals surface area (Å²) >= 11 is 0. The van der Waals surface area contributed by atoms with E-state index in [4.69, 9.17) is 9.72 Å². The Kier molecular flexibility index (Phi) is 7.61. The summed E-state index contributed by atoms with van der Waals surface area (Å²) in [7, 11) is 0.